The Labute approximate surface area is 114 Å². The van der Waals surface area contributed by atoms with Gasteiger partial charge in [0.05, 0.1) is 6.20 Å². The molecule has 110 valence electrons. The van der Waals surface area contributed by atoms with E-state index in [-0.39, 0.29) is 10.7 Å². The fraction of sp³-hybridized carbons (Fsp3) is 0.727. The number of nitrogens with zero attached hydrogens (tertiary/aromatic N) is 2. The summed E-state index contributed by atoms with van der Waals surface area (Å²) in [5, 5.41) is 6.02. The van der Waals surface area contributed by atoms with E-state index in [4.69, 9.17) is 5.73 Å². The molecule has 0 saturated carbocycles. The molecule has 0 spiro atoms. The molecule has 0 unspecified atom stereocenters. The van der Waals surface area contributed by atoms with E-state index in [0.717, 1.165) is 0 Å². The predicted molar refractivity (Wildman–Crippen MR) is 75.2 cm³/mol. The Kier molecular flexibility index (Phi) is 5.33. The van der Waals surface area contributed by atoms with E-state index in [2.05, 4.69) is 47.5 Å². The SMILES string of the molecule is CC(C)N(CCNS(=O)(=O)c1cn[nH]c1N)C(C)C. The zero-order chi connectivity index (χ0) is 14.6. The fourth-order valence-corrected chi connectivity index (χ4v) is 3.04. The molecule has 1 heterocycles. The average molecular weight is 289 g/mol. The van der Waals surface area contributed by atoms with Crippen molar-refractivity contribution in [1.82, 2.24) is 19.8 Å². The summed E-state index contributed by atoms with van der Waals surface area (Å²) in [6.45, 7) is 9.33. The highest BCUT2D eigenvalue weighted by molar-refractivity contribution is 7.89. The third kappa shape index (κ3) is 4.19. The number of rotatable bonds is 7. The smallest absolute Gasteiger partial charge is 0.245 e. The maximum absolute atomic E-state index is 12.0. The van der Waals surface area contributed by atoms with Crippen LogP contribution in [0.4, 0.5) is 5.82 Å². The van der Waals surface area contributed by atoms with Gasteiger partial charge in [0.1, 0.15) is 10.7 Å². The second-order valence-corrected chi connectivity index (χ2v) is 6.71. The van der Waals surface area contributed by atoms with Crippen LogP contribution in [0, 0.1) is 0 Å². The van der Waals surface area contributed by atoms with Gasteiger partial charge in [0, 0.05) is 25.2 Å². The molecule has 1 rings (SSSR count). The fourth-order valence-electron chi connectivity index (χ4n) is 2.00. The average Bonchev–Trinajstić information content (AvgIpc) is 2.70. The first-order chi connectivity index (χ1) is 8.75. The Morgan fingerprint density at radius 2 is 1.95 bits per heavy atom. The quantitative estimate of drug-likeness (QED) is 0.673. The topological polar surface area (TPSA) is 104 Å². The largest absolute Gasteiger partial charge is 0.383 e. The molecule has 0 atom stereocenters. The third-order valence-corrected chi connectivity index (χ3v) is 4.40. The number of aromatic amines is 1. The summed E-state index contributed by atoms with van der Waals surface area (Å²) >= 11 is 0. The first-order valence-electron chi connectivity index (χ1n) is 6.30. The van der Waals surface area contributed by atoms with Gasteiger partial charge in [-0.25, -0.2) is 13.1 Å². The normalized spacial score (nSPS) is 12.8. The molecule has 0 aliphatic carbocycles. The van der Waals surface area contributed by atoms with E-state index < -0.39 is 10.0 Å². The van der Waals surface area contributed by atoms with Crippen LogP contribution in [0.5, 0.6) is 0 Å². The molecule has 0 bridgehead atoms. The van der Waals surface area contributed by atoms with E-state index in [1.807, 2.05) is 0 Å². The number of nitrogens with one attached hydrogen (secondary N) is 2. The molecule has 1 aromatic heterocycles. The highest BCUT2D eigenvalue weighted by atomic mass is 32.2. The number of anilines is 1. The number of aromatic nitrogens is 2. The lowest BCUT2D eigenvalue weighted by Gasteiger charge is -2.30. The Balaban J connectivity index is 2.60. The number of H-pyrrole nitrogens is 1. The lowest BCUT2D eigenvalue weighted by Crippen LogP contribution is -2.42. The molecule has 1 aromatic rings. The molecule has 0 aliphatic heterocycles. The van der Waals surface area contributed by atoms with E-state index >= 15 is 0 Å². The van der Waals surface area contributed by atoms with Crippen LogP contribution in [0.25, 0.3) is 0 Å². The molecular weight excluding hydrogens is 266 g/mol. The van der Waals surface area contributed by atoms with Crippen LogP contribution < -0.4 is 10.5 Å². The van der Waals surface area contributed by atoms with Crippen molar-refractivity contribution in [3.8, 4) is 0 Å². The number of hydrogen-bond donors (Lipinski definition) is 3. The molecule has 19 heavy (non-hydrogen) atoms. The van der Waals surface area contributed by atoms with Gasteiger partial charge in [-0.3, -0.25) is 10.00 Å². The third-order valence-electron chi connectivity index (χ3n) is 2.91. The summed E-state index contributed by atoms with van der Waals surface area (Å²) in [5.74, 6) is 0.0528. The van der Waals surface area contributed by atoms with E-state index in [9.17, 15) is 8.42 Å². The highest BCUT2D eigenvalue weighted by Crippen LogP contribution is 2.13. The Bertz CT molecular complexity index is 487. The zero-order valence-electron chi connectivity index (χ0n) is 11.8. The molecule has 0 radical (unpaired) electrons. The zero-order valence-corrected chi connectivity index (χ0v) is 12.7. The summed E-state index contributed by atoms with van der Waals surface area (Å²) in [6.07, 6.45) is 1.21. The van der Waals surface area contributed by atoms with Crippen molar-refractivity contribution in [2.24, 2.45) is 0 Å². The Morgan fingerprint density at radius 1 is 1.37 bits per heavy atom. The number of sulfonamides is 1. The van der Waals surface area contributed by atoms with Crippen molar-refractivity contribution in [2.75, 3.05) is 18.8 Å². The molecular formula is C11H23N5O2S. The van der Waals surface area contributed by atoms with Crippen LogP contribution in [0.3, 0.4) is 0 Å². The van der Waals surface area contributed by atoms with Crippen molar-refractivity contribution in [3.05, 3.63) is 6.20 Å². The summed E-state index contributed by atoms with van der Waals surface area (Å²) in [6, 6.07) is 0.729. The number of nitrogen functional groups attached to an aromatic ring is 1. The van der Waals surface area contributed by atoms with Crippen molar-refractivity contribution >= 4 is 15.8 Å². The van der Waals surface area contributed by atoms with Crippen LogP contribution in [0.1, 0.15) is 27.7 Å². The van der Waals surface area contributed by atoms with Gasteiger partial charge in [-0.05, 0) is 27.7 Å². The van der Waals surface area contributed by atoms with Gasteiger partial charge in [-0.1, -0.05) is 0 Å². The van der Waals surface area contributed by atoms with Crippen LogP contribution in [-0.2, 0) is 10.0 Å². The molecule has 0 saturated heterocycles. The van der Waals surface area contributed by atoms with Gasteiger partial charge < -0.3 is 5.73 Å². The first kappa shape index (κ1) is 15.9. The van der Waals surface area contributed by atoms with E-state index in [1.54, 1.807) is 0 Å². The lowest BCUT2D eigenvalue weighted by atomic mass is 10.2. The van der Waals surface area contributed by atoms with E-state index in [1.165, 1.54) is 6.20 Å². The minimum Gasteiger partial charge on any atom is -0.383 e. The summed E-state index contributed by atoms with van der Waals surface area (Å²) in [5.41, 5.74) is 5.51. The molecule has 0 fully saturated rings. The van der Waals surface area contributed by atoms with Crippen LogP contribution >= 0.6 is 0 Å². The van der Waals surface area contributed by atoms with E-state index in [0.29, 0.717) is 25.2 Å². The van der Waals surface area contributed by atoms with Gasteiger partial charge in [-0.15, -0.1) is 0 Å². The molecule has 0 aliphatic rings. The second kappa shape index (κ2) is 6.36. The lowest BCUT2D eigenvalue weighted by molar-refractivity contribution is 0.179. The van der Waals surface area contributed by atoms with Crippen molar-refractivity contribution in [2.45, 2.75) is 44.7 Å². The van der Waals surface area contributed by atoms with Crippen LogP contribution in [0.2, 0.25) is 0 Å². The van der Waals surface area contributed by atoms with Crippen LogP contribution in [0.15, 0.2) is 11.1 Å². The maximum atomic E-state index is 12.0. The summed E-state index contributed by atoms with van der Waals surface area (Å²) in [4.78, 5) is 2.20. The molecule has 7 nitrogen and oxygen atoms in total. The van der Waals surface area contributed by atoms with Crippen LogP contribution in [-0.4, -0.2) is 48.7 Å². The van der Waals surface area contributed by atoms with Gasteiger partial charge in [-0.2, -0.15) is 5.10 Å². The van der Waals surface area contributed by atoms with Gasteiger partial charge >= 0.3 is 0 Å². The van der Waals surface area contributed by atoms with Crippen molar-refractivity contribution < 1.29 is 8.42 Å². The van der Waals surface area contributed by atoms with Crippen molar-refractivity contribution in [1.29, 1.82) is 0 Å². The molecule has 4 N–H and O–H groups in total. The molecule has 8 heteroatoms. The second-order valence-electron chi connectivity index (χ2n) is 4.97. The standard InChI is InChI=1S/C11H23N5O2S/c1-8(2)16(9(3)4)6-5-14-19(17,18)10-7-13-15-11(10)12/h7-9,14H,5-6H2,1-4H3,(H3,12,13,15). The molecule has 0 aromatic carbocycles. The Hall–Kier alpha value is -1.12. The van der Waals surface area contributed by atoms with Crippen molar-refractivity contribution in [3.63, 3.8) is 0 Å². The summed E-state index contributed by atoms with van der Waals surface area (Å²) < 4.78 is 26.5. The number of nitrogens with two attached hydrogens (primary N) is 1. The number of hydrogen-bond acceptors (Lipinski definition) is 5. The minimum absolute atomic E-state index is 0.00635. The first-order valence-corrected chi connectivity index (χ1v) is 7.78. The van der Waals surface area contributed by atoms with Gasteiger partial charge in [0.2, 0.25) is 10.0 Å². The monoisotopic (exact) mass is 289 g/mol. The van der Waals surface area contributed by atoms with Gasteiger partial charge in [0.15, 0.2) is 0 Å². The predicted octanol–water partition coefficient (Wildman–Crippen LogP) is 0.389. The maximum Gasteiger partial charge on any atom is 0.245 e. The van der Waals surface area contributed by atoms with Gasteiger partial charge in [0.25, 0.3) is 0 Å². The summed E-state index contributed by atoms with van der Waals surface area (Å²) in [7, 11) is -3.59. The molecule has 0 amide bonds. The minimum atomic E-state index is -3.59. The Morgan fingerprint density at radius 3 is 2.37 bits per heavy atom. The highest BCUT2D eigenvalue weighted by Gasteiger charge is 2.20.